The lowest BCUT2D eigenvalue weighted by atomic mass is 10.1. The zero-order chi connectivity index (χ0) is 12.3. The third kappa shape index (κ3) is 7.10. The van der Waals surface area contributed by atoms with Gasteiger partial charge in [0.25, 0.3) is 0 Å². The fraction of sp³-hybridized carbons (Fsp3) is 0.571. The van der Waals surface area contributed by atoms with E-state index in [1.807, 2.05) is 0 Å². The van der Waals surface area contributed by atoms with Gasteiger partial charge in [-0.3, -0.25) is 0 Å². The topological polar surface area (TPSA) is 33.3 Å². The van der Waals surface area contributed by atoms with Crippen molar-refractivity contribution in [1.82, 2.24) is 10.6 Å². The van der Waals surface area contributed by atoms with Gasteiger partial charge in [-0.1, -0.05) is 29.8 Å². The maximum atomic E-state index is 4.96. The highest BCUT2D eigenvalue weighted by molar-refractivity contribution is 5.21. The predicted molar refractivity (Wildman–Crippen MR) is 72.2 cm³/mol. The van der Waals surface area contributed by atoms with E-state index in [0.717, 1.165) is 39.2 Å². The average Bonchev–Trinajstić information content (AvgIpc) is 2.33. The molecule has 17 heavy (non-hydrogen) atoms. The van der Waals surface area contributed by atoms with Crippen LogP contribution in [0.4, 0.5) is 0 Å². The van der Waals surface area contributed by atoms with Crippen molar-refractivity contribution >= 4 is 0 Å². The number of benzene rings is 1. The predicted octanol–water partition coefficient (Wildman–Crippen LogP) is 1.71. The van der Waals surface area contributed by atoms with E-state index in [4.69, 9.17) is 4.74 Å². The lowest BCUT2D eigenvalue weighted by Crippen LogP contribution is -2.24. The summed E-state index contributed by atoms with van der Waals surface area (Å²) in [5, 5.41) is 6.78. The first-order chi connectivity index (χ1) is 8.33. The summed E-state index contributed by atoms with van der Waals surface area (Å²) >= 11 is 0. The summed E-state index contributed by atoms with van der Waals surface area (Å²) < 4.78 is 4.96. The quantitative estimate of drug-likeness (QED) is 0.640. The zero-order valence-electron chi connectivity index (χ0n) is 11.0. The highest BCUT2D eigenvalue weighted by Crippen LogP contribution is 2.02. The Bertz CT molecular complexity index is 302. The Labute approximate surface area is 105 Å². The van der Waals surface area contributed by atoms with Crippen molar-refractivity contribution in [3.8, 4) is 0 Å². The van der Waals surface area contributed by atoms with Crippen LogP contribution in [0.2, 0.25) is 0 Å². The third-order valence-electron chi connectivity index (χ3n) is 2.60. The molecule has 0 amide bonds. The van der Waals surface area contributed by atoms with Crippen molar-refractivity contribution < 1.29 is 4.74 Å². The number of nitrogens with one attached hydrogen (secondary N) is 2. The molecule has 0 fully saturated rings. The highest BCUT2D eigenvalue weighted by Gasteiger charge is 1.93. The van der Waals surface area contributed by atoms with Crippen LogP contribution in [0.1, 0.15) is 17.5 Å². The van der Waals surface area contributed by atoms with Gasteiger partial charge >= 0.3 is 0 Å². The van der Waals surface area contributed by atoms with Gasteiger partial charge < -0.3 is 15.4 Å². The maximum Gasteiger partial charge on any atom is 0.0587 e. The molecule has 0 aliphatic carbocycles. The van der Waals surface area contributed by atoms with Crippen LogP contribution in [0.3, 0.4) is 0 Å². The Kier molecular flexibility index (Phi) is 7.63. The number of hydrogen-bond acceptors (Lipinski definition) is 3. The van der Waals surface area contributed by atoms with E-state index in [1.165, 1.54) is 11.1 Å². The molecular formula is C14H24N2O. The summed E-state index contributed by atoms with van der Waals surface area (Å²) in [6.45, 7) is 6.91. The number of rotatable bonds is 9. The molecule has 0 atom stereocenters. The van der Waals surface area contributed by atoms with Crippen LogP contribution in [-0.4, -0.2) is 33.4 Å². The summed E-state index contributed by atoms with van der Waals surface area (Å²) in [6.07, 6.45) is 1.15. The Morgan fingerprint density at radius 2 is 1.94 bits per heavy atom. The zero-order valence-corrected chi connectivity index (χ0v) is 11.0. The largest absolute Gasteiger partial charge is 0.383 e. The molecule has 0 aliphatic rings. The summed E-state index contributed by atoms with van der Waals surface area (Å²) in [6, 6.07) is 8.63. The molecule has 0 aromatic heterocycles. The minimum absolute atomic E-state index is 0.788. The Balaban J connectivity index is 1.97. The molecule has 2 N–H and O–H groups in total. The second kappa shape index (κ2) is 9.16. The van der Waals surface area contributed by atoms with Crippen molar-refractivity contribution in [1.29, 1.82) is 0 Å². The van der Waals surface area contributed by atoms with Gasteiger partial charge in [0.2, 0.25) is 0 Å². The number of aryl methyl sites for hydroxylation is 1. The molecule has 0 heterocycles. The van der Waals surface area contributed by atoms with Crippen LogP contribution in [0.5, 0.6) is 0 Å². The van der Waals surface area contributed by atoms with Crippen molar-refractivity contribution in [2.75, 3.05) is 33.4 Å². The van der Waals surface area contributed by atoms with Gasteiger partial charge in [-0.2, -0.15) is 0 Å². The van der Waals surface area contributed by atoms with Crippen molar-refractivity contribution in [2.24, 2.45) is 0 Å². The Hall–Kier alpha value is -0.900. The summed E-state index contributed by atoms with van der Waals surface area (Å²) in [4.78, 5) is 0. The fourth-order valence-corrected chi connectivity index (χ4v) is 1.69. The smallest absolute Gasteiger partial charge is 0.0587 e. The van der Waals surface area contributed by atoms with Crippen molar-refractivity contribution in [3.05, 3.63) is 35.4 Å². The van der Waals surface area contributed by atoms with Crippen LogP contribution < -0.4 is 10.6 Å². The van der Waals surface area contributed by atoms with Crippen LogP contribution in [0.25, 0.3) is 0 Å². The van der Waals surface area contributed by atoms with Crippen molar-refractivity contribution in [3.63, 3.8) is 0 Å². The minimum atomic E-state index is 0.788. The summed E-state index contributed by atoms with van der Waals surface area (Å²) in [5.41, 5.74) is 2.68. The molecule has 0 saturated carbocycles. The van der Waals surface area contributed by atoms with Crippen LogP contribution in [0.15, 0.2) is 24.3 Å². The SMILES string of the molecule is COCCNCCCNCc1cccc(C)c1. The van der Waals surface area contributed by atoms with E-state index in [9.17, 15) is 0 Å². The number of methoxy groups -OCH3 is 1. The molecule has 0 aliphatic heterocycles. The summed E-state index contributed by atoms with van der Waals surface area (Å²) in [5.74, 6) is 0. The third-order valence-corrected chi connectivity index (χ3v) is 2.60. The molecule has 0 radical (unpaired) electrons. The molecule has 96 valence electrons. The standard InChI is InChI=1S/C14H24N2O/c1-13-5-3-6-14(11-13)12-16-8-4-7-15-9-10-17-2/h3,5-6,11,15-16H,4,7-10,12H2,1-2H3. The van der Waals surface area contributed by atoms with Gasteiger partial charge in [-0.25, -0.2) is 0 Å². The Morgan fingerprint density at radius 3 is 2.71 bits per heavy atom. The van der Waals surface area contributed by atoms with Crippen LogP contribution >= 0.6 is 0 Å². The van der Waals surface area contributed by atoms with Crippen LogP contribution in [0, 0.1) is 6.92 Å². The van der Waals surface area contributed by atoms with E-state index in [2.05, 4.69) is 41.8 Å². The molecule has 0 spiro atoms. The maximum absolute atomic E-state index is 4.96. The highest BCUT2D eigenvalue weighted by atomic mass is 16.5. The molecule has 1 rings (SSSR count). The minimum Gasteiger partial charge on any atom is -0.383 e. The van der Waals surface area contributed by atoms with E-state index < -0.39 is 0 Å². The monoisotopic (exact) mass is 236 g/mol. The first-order valence-corrected chi connectivity index (χ1v) is 6.29. The number of ether oxygens (including phenoxy) is 1. The van der Waals surface area contributed by atoms with E-state index in [-0.39, 0.29) is 0 Å². The molecule has 0 saturated heterocycles. The second-order valence-corrected chi connectivity index (χ2v) is 4.26. The van der Waals surface area contributed by atoms with E-state index >= 15 is 0 Å². The van der Waals surface area contributed by atoms with Gasteiger partial charge in [-0.05, 0) is 32.0 Å². The lowest BCUT2D eigenvalue weighted by Gasteiger charge is -2.06. The first kappa shape index (κ1) is 14.2. The van der Waals surface area contributed by atoms with Gasteiger partial charge in [0.15, 0.2) is 0 Å². The first-order valence-electron chi connectivity index (χ1n) is 6.29. The van der Waals surface area contributed by atoms with Crippen molar-refractivity contribution in [2.45, 2.75) is 19.9 Å². The van der Waals surface area contributed by atoms with Gasteiger partial charge in [0.05, 0.1) is 6.61 Å². The number of hydrogen-bond donors (Lipinski definition) is 2. The fourth-order valence-electron chi connectivity index (χ4n) is 1.69. The second-order valence-electron chi connectivity index (χ2n) is 4.26. The van der Waals surface area contributed by atoms with E-state index in [1.54, 1.807) is 7.11 Å². The van der Waals surface area contributed by atoms with Gasteiger partial charge in [0, 0.05) is 20.2 Å². The lowest BCUT2D eigenvalue weighted by molar-refractivity contribution is 0.199. The van der Waals surface area contributed by atoms with Gasteiger partial charge in [-0.15, -0.1) is 0 Å². The van der Waals surface area contributed by atoms with Crippen LogP contribution in [-0.2, 0) is 11.3 Å². The molecule has 0 unspecified atom stereocenters. The molecule has 3 nitrogen and oxygen atoms in total. The molecule has 3 heteroatoms. The Morgan fingerprint density at radius 1 is 1.12 bits per heavy atom. The molecule has 1 aromatic carbocycles. The molecule has 0 bridgehead atoms. The normalized spacial score (nSPS) is 10.7. The van der Waals surface area contributed by atoms with E-state index in [0.29, 0.717) is 0 Å². The summed E-state index contributed by atoms with van der Waals surface area (Å²) in [7, 11) is 1.73. The van der Waals surface area contributed by atoms with Gasteiger partial charge in [0.1, 0.15) is 0 Å². The average molecular weight is 236 g/mol. The molecular weight excluding hydrogens is 212 g/mol. The molecule has 1 aromatic rings.